The number of halogens is 1. The second-order valence-electron chi connectivity index (χ2n) is 10.7. The molecule has 5 nitrogen and oxygen atoms in total. The number of carbonyl (C=O) groups is 2. The molecule has 2 aromatic carbocycles. The van der Waals surface area contributed by atoms with E-state index in [1.807, 2.05) is 76.2 Å². The first kappa shape index (κ1) is 27.9. The Labute approximate surface area is 213 Å². The van der Waals surface area contributed by atoms with Gasteiger partial charge in [-0.1, -0.05) is 64.1 Å². The Morgan fingerprint density at radius 3 is 2.21 bits per heavy atom. The molecule has 34 heavy (non-hydrogen) atoms. The van der Waals surface area contributed by atoms with Gasteiger partial charge in [-0.25, -0.2) is 0 Å². The van der Waals surface area contributed by atoms with Crippen LogP contribution < -0.4 is 10.1 Å². The van der Waals surface area contributed by atoms with E-state index >= 15 is 0 Å². The Morgan fingerprint density at radius 1 is 1.03 bits per heavy atom. The lowest BCUT2D eigenvalue weighted by Crippen LogP contribution is -2.54. The van der Waals surface area contributed by atoms with E-state index < -0.39 is 6.04 Å². The fourth-order valence-electron chi connectivity index (χ4n) is 3.66. The number of nitrogens with zero attached hydrogens (tertiary/aromatic N) is 1. The van der Waals surface area contributed by atoms with Gasteiger partial charge in [-0.15, -0.1) is 0 Å². The molecule has 0 aromatic heterocycles. The van der Waals surface area contributed by atoms with Crippen molar-refractivity contribution in [3.63, 3.8) is 0 Å². The van der Waals surface area contributed by atoms with Crippen LogP contribution in [0.2, 0.25) is 0 Å². The van der Waals surface area contributed by atoms with Gasteiger partial charge >= 0.3 is 0 Å². The first-order valence-corrected chi connectivity index (χ1v) is 12.7. The summed E-state index contributed by atoms with van der Waals surface area (Å²) < 4.78 is 6.71. The maximum Gasteiger partial charge on any atom is 0.261 e. The Hall–Kier alpha value is -2.34. The molecular formula is C28H39BrN2O3. The summed E-state index contributed by atoms with van der Waals surface area (Å²) in [7, 11) is 0. The van der Waals surface area contributed by atoms with E-state index in [-0.39, 0.29) is 29.4 Å². The third-order valence-electron chi connectivity index (χ3n) is 5.52. The van der Waals surface area contributed by atoms with Gasteiger partial charge in [-0.3, -0.25) is 9.59 Å². The molecule has 0 radical (unpaired) electrons. The summed E-state index contributed by atoms with van der Waals surface area (Å²) in [4.78, 5) is 28.1. The van der Waals surface area contributed by atoms with E-state index in [4.69, 9.17) is 4.74 Å². The third kappa shape index (κ3) is 8.46. The SMILES string of the molecule is CC[C@@H](C(=O)NC(C)(C)C)N(CCc1ccccc1)C(=O)COc1ccc(C(C)(C)C)cc1Br. The van der Waals surface area contributed by atoms with Crippen molar-refractivity contribution in [2.75, 3.05) is 13.2 Å². The molecule has 0 bridgehead atoms. The average Bonchev–Trinajstić information content (AvgIpc) is 2.74. The number of rotatable bonds is 9. The van der Waals surface area contributed by atoms with Gasteiger partial charge in [0.1, 0.15) is 11.8 Å². The average molecular weight is 532 g/mol. The van der Waals surface area contributed by atoms with Crippen LogP contribution in [0.5, 0.6) is 5.75 Å². The topological polar surface area (TPSA) is 58.6 Å². The largest absolute Gasteiger partial charge is 0.483 e. The van der Waals surface area contributed by atoms with Crippen LogP contribution in [-0.4, -0.2) is 41.4 Å². The van der Waals surface area contributed by atoms with E-state index in [0.717, 1.165) is 10.0 Å². The van der Waals surface area contributed by atoms with E-state index in [9.17, 15) is 9.59 Å². The predicted molar refractivity (Wildman–Crippen MR) is 142 cm³/mol. The summed E-state index contributed by atoms with van der Waals surface area (Å²) in [6, 6.07) is 15.4. The summed E-state index contributed by atoms with van der Waals surface area (Å²) in [6.45, 7) is 14.5. The first-order valence-electron chi connectivity index (χ1n) is 11.9. The summed E-state index contributed by atoms with van der Waals surface area (Å²) in [6.07, 6.45) is 1.18. The van der Waals surface area contributed by atoms with Gasteiger partial charge in [0.05, 0.1) is 4.47 Å². The molecule has 0 aliphatic heterocycles. The minimum Gasteiger partial charge on any atom is -0.483 e. The number of hydrogen-bond acceptors (Lipinski definition) is 3. The normalized spacial score (nSPS) is 12.7. The van der Waals surface area contributed by atoms with Crippen LogP contribution in [0.25, 0.3) is 0 Å². The van der Waals surface area contributed by atoms with E-state index in [2.05, 4.69) is 42.0 Å². The number of ether oxygens (including phenoxy) is 1. The molecule has 186 valence electrons. The van der Waals surface area contributed by atoms with Gasteiger partial charge in [0.2, 0.25) is 5.91 Å². The molecule has 0 saturated heterocycles. The van der Waals surface area contributed by atoms with E-state index in [0.29, 0.717) is 25.1 Å². The minimum atomic E-state index is -0.564. The van der Waals surface area contributed by atoms with Crippen LogP contribution >= 0.6 is 15.9 Å². The molecule has 2 amide bonds. The zero-order valence-electron chi connectivity index (χ0n) is 21.6. The van der Waals surface area contributed by atoms with Crippen molar-refractivity contribution in [1.82, 2.24) is 10.2 Å². The molecule has 0 saturated carbocycles. The number of hydrogen-bond donors (Lipinski definition) is 1. The fourth-order valence-corrected chi connectivity index (χ4v) is 4.15. The molecule has 2 aromatic rings. The predicted octanol–water partition coefficient (Wildman–Crippen LogP) is 5.89. The zero-order valence-corrected chi connectivity index (χ0v) is 23.2. The third-order valence-corrected chi connectivity index (χ3v) is 6.14. The molecule has 1 atom stereocenters. The Kier molecular flexibility index (Phi) is 9.74. The smallest absolute Gasteiger partial charge is 0.261 e. The van der Waals surface area contributed by atoms with E-state index in [1.165, 1.54) is 5.56 Å². The molecule has 0 heterocycles. The highest BCUT2D eigenvalue weighted by molar-refractivity contribution is 9.10. The Bertz CT molecular complexity index is 962. The van der Waals surface area contributed by atoms with Crippen molar-refractivity contribution in [1.29, 1.82) is 0 Å². The summed E-state index contributed by atoms with van der Waals surface area (Å²) >= 11 is 3.57. The highest BCUT2D eigenvalue weighted by Crippen LogP contribution is 2.31. The van der Waals surface area contributed by atoms with Crippen LogP contribution in [0.15, 0.2) is 53.0 Å². The van der Waals surface area contributed by atoms with Crippen molar-refractivity contribution in [2.45, 2.75) is 78.3 Å². The lowest BCUT2D eigenvalue weighted by Gasteiger charge is -2.33. The molecule has 0 spiro atoms. The van der Waals surface area contributed by atoms with Crippen LogP contribution in [0.3, 0.4) is 0 Å². The summed E-state index contributed by atoms with van der Waals surface area (Å²) in [5, 5.41) is 3.03. The second kappa shape index (κ2) is 11.9. The summed E-state index contributed by atoms with van der Waals surface area (Å²) in [5.74, 6) is 0.252. The molecule has 0 aliphatic carbocycles. The van der Waals surface area contributed by atoms with Crippen LogP contribution in [0.4, 0.5) is 0 Å². The first-order chi connectivity index (χ1) is 15.8. The molecule has 1 N–H and O–H groups in total. The number of nitrogens with one attached hydrogen (secondary N) is 1. The number of amides is 2. The van der Waals surface area contributed by atoms with Crippen molar-refractivity contribution in [2.24, 2.45) is 0 Å². The standard InChI is InChI=1S/C28H39BrN2O3/c1-8-23(26(33)30-28(5,6)7)31(17-16-20-12-10-9-11-13-20)25(32)19-34-24-15-14-21(18-22(24)29)27(2,3)4/h9-15,18,23H,8,16-17,19H2,1-7H3,(H,30,33)/t23-/m0/s1. The van der Waals surface area contributed by atoms with Gasteiger partial charge in [0, 0.05) is 12.1 Å². The quantitative estimate of drug-likeness (QED) is 0.439. The highest BCUT2D eigenvalue weighted by atomic mass is 79.9. The molecule has 2 rings (SSSR count). The minimum absolute atomic E-state index is 0.0138. The fraction of sp³-hybridized carbons (Fsp3) is 0.500. The van der Waals surface area contributed by atoms with Gasteiger partial charge in [-0.05, 0) is 78.2 Å². The van der Waals surface area contributed by atoms with Crippen molar-refractivity contribution >= 4 is 27.7 Å². The molecule has 6 heteroatoms. The maximum atomic E-state index is 13.4. The summed E-state index contributed by atoms with van der Waals surface area (Å²) in [5.41, 5.74) is 1.93. The van der Waals surface area contributed by atoms with Crippen LogP contribution in [0, 0.1) is 0 Å². The molecule has 0 unspecified atom stereocenters. The lowest BCUT2D eigenvalue weighted by molar-refractivity contribution is -0.142. The van der Waals surface area contributed by atoms with Crippen LogP contribution in [0.1, 0.15) is 66.0 Å². The lowest BCUT2D eigenvalue weighted by atomic mass is 9.87. The monoisotopic (exact) mass is 530 g/mol. The van der Waals surface area contributed by atoms with E-state index in [1.54, 1.807) is 4.90 Å². The number of benzene rings is 2. The van der Waals surface area contributed by atoms with Crippen molar-refractivity contribution < 1.29 is 14.3 Å². The maximum absolute atomic E-state index is 13.4. The van der Waals surface area contributed by atoms with Crippen molar-refractivity contribution in [3.8, 4) is 5.75 Å². The van der Waals surface area contributed by atoms with Gasteiger partial charge in [0.25, 0.3) is 5.91 Å². The Balaban J connectivity index is 2.19. The van der Waals surface area contributed by atoms with Gasteiger partial charge < -0.3 is 15.0 Å². The Morgan fingerprint density at radius 2 is 1.68 bits per heavy atom. The molecule has 0 fully saturated rings. The van der Waals surface area contributed by atoms with Gasteiger partial charge in [-0.2, -0.15) is 0 Å². The number of carbonyl (C=O) groups excluding carboxylic acids is 2. The van der Waals surface area contributed by atoms with Gasteiger partial charge in [0.15, 0.2) is 6.61 Å². The molecular weight excluding hydrogens is 492 g/mol. The highest BCUT2D eigenvalue weighted by Gasteiger charge is 2.30. The second-order valence-corrected chi connectivity index (χ2v) is 11.5. The zero-order chi connectivity index (χ0) is 25.5. The molecule has 0 aliphatic rings. The van der Waals surface area contributed by atoms with Crippen LogP contribution in [-0.2, 0) is 21.4 Å². The van der Waals surface area contributed by atoms with Crippen molar-refractivity contribution in [3.05, 3.63) is 64.1 Å².